The van der Waals surface area contributed by atoms with Gasteiger partial charge in [0.05, 0.1) is 7.11 Å². The van der Waals surface area contributed by atoms with E-state index in [2.05, 4.69) is 10.1 Å². The Balaban J connectivity index is 2.83. The summed E-state index contributed by atoms with van der Waals surface area (Å²) in [6, 6.07) is 5.21. The number of ether oxygens (including phenoxy) is 1. The molecule has 0 saturated heterocycles. The van der Waals surface area contributed by atoms with Crippen molar-refractivity contribution in [2.45, 2.75) is 6.92 Å². The van der Waals surface area contributed by atoms with Crippen molar-refractivity contribution in [1.29, 1.82) is 0 Å². The molecule has 0 fully saturated rings. The maximum atomic E-state index is 10.9. The van der Waals surface area contributed by atoms with E-state index < -0.39 is 6.09 Å². The lowest BCUT2D eigenvalue weighted by atomic mass is 10.2. The molecule has 1 N–H and O–H groups in total. The monoisotopic (exact) mass is 199 g/mol. The molecule has 3 nitrogen and oxygen atoms in total. The van der Waals surface area contributed by atoms with Gasteiger partial charge in [0.15, 0.2) is 0 Å². The standard InChI is InChI=1S/C9H10ClNO2/c1-6-5-7(10)3-4-8(6)11-9(12)13-2/h3-5H,1-2H3,(H,11,12). The number of benzene rings is 1. The highest BCUT2D eigenvalue weighted by atomic mass is 35.5. The van der Waals surface area contributed by atoms with Gasteiger partial charge in [-0.2, -0.15) is 0 Å². The number of nitrogens with one attached hydrogen (secondary N) is 1. The molecule has 0 aliphatic heterocycles. The molecule has 0 bridgehead atoms. The van der Waals surface area contributed by atoms with E-state index in [9.17, 15) is 4.79 Å². The first kappa shape index (κ1) is 9.86. The van der Waals surface area contributed by atoms with Crippen molar-refractivity contribution in [2.75, 3.05) is 12.4 Å². The van der Waals surface area contributed by atoms with E-state index in [-0.39, 0.29) is 0 Å². The van der Waals surface area contributed by atoms with E-state index in [1.54, 1.807) is 18.2 Å². The molecular formula is C9H10ClNO2. The van der Waals surface area contributed by atoms with E-state index in [0.717, 1.165) is 5.56 Å². The molecule has 4 heteroatoms. The van der Waals surface area contributed by atoms with Crippen molar-refractivity contribution < 1.29 is 9.53 Å². The third-order valence-corrected chi connectivity index (χ3v) is 1.85. The smallest absolute Gasteiger partial charge is 0.411 e. The minimum Gasteiger partial charge on any atom is -0.453 e. The maximum absolute atomic E-state index is 10.9. The molecule has 1 aromatic carbocycles. The highest BCUT2D eigenvalue weighted by Crippen LogP contribution is 2.19. The van der Waals surface area contributed by atoms with Crippen LogP contribution in [-0.4, -0.2) is 13.2 Å². The minimum absolute atomic E-state index is 0.481. The van der Waals surface area contributed by atoms with Gasteiger partial charge in [0.1, 0.15) is 0 Å². The fourth-order valence-corrected chi connectivity index (χ4v) is 1.15. The Labute approximate surface area is 81.7 Å². The Morgan fingerprint density at radius 1 is 1.54 bits per heavy atom. The second kappa shape index (κ2) is 4.14. The van der Waals surface area contributed by atoms with E-state index in [1.165, 1.54) is 7.11 Å². The number of amides is 1. The van der Waals surface area contributed by atoms with Crippen LogP contribution in [0.15, 0.2) is 18.2 Å². The zero-order valence-electron chi connectivity index (χ0n) is 7.43. The van der Waals surface area contributed by atoms with E-state index in [1.807, 2.05) is 6.92 Å². The SMILES string of the molecule is COC(=O)Nc1ccc(Cl)cc1C. The van der Waals surface area contributed by atoms with Crippen LogP contribution in [-0.2, 0) is 4.74 Å². The predicted molar refractivity (Wildman–Crippen MR) is 52.2 cm³/mol. The van der Waals surface area contributed by atoms with Crippen molar-refractivity contribution in [3.63, 3.8) is 0 Å². The molecule has 0 aliphatic carbocycles. The van der Waals surface area contributed by atoms with E-state index >= 15 is 0 Å². The van der Waals surface area contributed by atoms with Crippen LogP contribution in [0.1, 0.15) is 5.56 Å². The van der Waals surface area contributed by atoms with Crippen LogP contribution < -0.4 is 5.32 Å². The first-order valence-corrected chi connectivity index (χ1v) is 4.12. The first-order chi connectivity index (χ1) is 6.13. The molecular weight excluding hydrogens is 190 g/mol. The topological polar surface area (TPSA) is 38.3 Å². The Morgan fingerprint density at radius 3 is 2.77 bits per heavy atom. The molecule has 0 atom stereocenters. The summed E-state index contributed by atoms with van der Waals surface area (Å²) in [5.41, 5.74) is 1.61. The number of aryl methyl sites for hydroxylation is 1. The van der Waals surface area contributed by atoms with Gasteiger partial charge >= 0.3 is 6.09 Å². The van der Waals surface area contributed by atoms with Crippen LogP contribution >= 0.6 is 11.6 Å². The molecule has 1 amide bonds. The van der Waals surface area contributed by atoms with Crippen molar-refractivity contribution >= 4 is 23.4 Å². The van der Waals surface area contributed by atoms with Crippen LogP contribution in [0.5, 0.6) is 0 Å². The average molecular weight is 200 g/mol. The van der Waals surface area contributed by atoms with Crippen molar-refractivity contribution in [3.8, 4) is 0 Å². The number of methoxy groups -OCH3 is 1. The van der Waals surface area contributed by atoms with Gasteiger partial charge in [-0.3, -0.25) is 5.32 Å². The lowest BCUT2D eigenvalue weighted by molar-refractivity contribution is 0.187. The largest absolute Gasteiger partial charge is 0.453 e. The van der Waals surface area contributed by atoms with Gasteiger partial charge in [0.25, 0.3) is 0 Å². The predicted octanol–water partition coefficient (Wildman–Crippen LogP) is 2.83. The molecule has 1 aromatic rings. The number of hydrogen-bond donors (Lipinski definition) is 1. The highest BCUT2D eigenvalue weighted by Gasteiger charge is 2.03. The third kappa shape index (κ3) is 2.63. The quantitative estimate of drug-likeness (QED) is 0.756. The van der Waals surface area contributed by atoms with Crippen LogP contribution in [0.4, 0.5) is 10.5 Å². The molecule has 0 radical (unpaired) electrons. The van der Waals surface area contributed by atoms with Gasteiger partial charge < -0.3 is 4.74 Å². The molecule has 13 heavy (non-hydrogen) atoms. The van der Waals surface area contributed by atoms with Crippen LogP contribution in [0, 0.1) is 6.92 Å². The fourth-order valence-electron chi connectivity index (χ4n) is 0.928. The van der Waals surface area contributed by atoms with Crippen LogP contribution in [0.2, 0.25) is 5.02 Å². The summed E-state index contributed by atoms with van der Waals surface area (Å²) in [5, 5.41) is 3.21. The maximum Gasteiger partial charge on any atom is 0.411 e. The van der Waals surface area contributed by atoms with E-state index in [4.69, 9.17) is 11.6 Å². The number of halogens is 1. The molecule has 0 saturated carbocycles. The number of carbonyl (C=O) groups is 1. The van der Waals surface area contributed by atoms with Crippen molar-refractivity contribution in [3.05, 3.63) is 28.8 Å². The Bertz CT molecular complexity index is 325. The summed E-state index contributed by atoms with van der Waals surface area (Å²) >= 11 is 5.74. The van der Waals surface area contributed by atoms with Gasteiger partial charge in [0.2, 0.25) is 0 Å². The number of carbonyl (C=O) groups excluding carboxylic acids is 1. The Kier molecular flexibility index (Phi) is 3.14. The van der Waals surface area contributed by atoms with Crippen LogP contribution in [0.25, 0.3) is 0 Å². The Hall–Kier alpha value is -1.22. The summed E-state index contributed by atoms with van der Waals surface area (Å²) in [7, 11) is 1.32. The molecule has 70 valence electrons. The molecule has 0 aliphatic rings. The average Bonchev–Trinajstić information content (AvgIpc) is 2.09. The summed E-state index contributed by atoms with van der Waals surface area (Å²) in [5.74, 6) is 0. The van der Waals surface area contributed by atoms with Gasteiger partial charge in [-0.25, -0.2) is 4.79 Å². The number of anilines is 1. The third-order valence-electron chi connectivity index (χ3n) is 1.61. The summed E-state index contributed by atoms with van der Waals surface area (Å²) in [6.07, 6.45) is -0.481. The van der Waals surface area contributed by atoms with Crippen molar-refractivity contribution in [2.24, 2.45) is 0 Å². The van der Waals surface area contributed by atoms with Gasteiger partial charge in [0, 0.05) is 10.7 Å². The Morgan fingerprint density at radius 2 is 2.23 bits per heavy atom. The molecule has 0 unspecified atom stereocenters. The van der Waals surface area contributed by atoms with Gasteiger partial charge in [-0.05, 0) is 30.7 Å². The molecule has 1 rings (SSSR count). The second-order valence-corrected chi connectivity index (χ2v) is 3.01. The minimum atomic E-state index is -0.481. The second-order valence-electron chi connectivity index (χ2n) is 2.58. The fraction of sp³-hybridized carbons (Fsp3) is 0.222. The molecule has 0 spiro atoms. The van der Waals surface area contributed by atoms with Crippen molar-refractivity contribution in [1.82, 2.24) is 0 Å². The normalized spacial score (nSPS) is 9.46. The first-order valence-electron chi connectivity index (χ1n) is 3.74. The molecule has 0 heterocycles. The molecule has 0 aromatic heterocycles. The zero-order chi connectivity index (χ0) is 9.84. The lowest BCUT2D eigenvalue weighted by Gasteiger charge is -2.06. The van der Waals surface area contributed by atoms with Gasteiger partial charge in [-0.1, -0.05) is 11.6 Å². The van der Waals surface area contributed by atoms with E-state index in [0.29, 0.717) is 10.7 Å². The lowest BCUT2D eigenvalue weighted by Crippen LogP contribution is -2.11. The highest BCUT2D eigenvalue weighted by molar-refractivity contribution is 6.30. The van der Waals surface area contributed by atoms with Crippen LogP contribution in [0.3, 0.4) is 0 Å². The zero-order valence-corrected chi connectivity index (χ0v) is 8.18. The van der Waals surface area contributed by atoms with Gasteiger partial charge in [-0.15, -0.1) is 0 Å². The summed E-state index contributed by atoms with van der Waals surface area (Å²) in [4.78, 5) is 10.9. The summed E-state index contributed by atoms with van der Waals surface area (Å²) in [6.45, 7) is 1.86. The summed E-state index contributed by atoms with van der Waals surface area (Å²) < 4.78 is 4.46. The number of rotatable bonds is 1. The number of hydrogen-bond acceptors (Lipinski definition) is 2.